The van der Waals surface area contributed by atoms with Gasteiger partial charge in [-0.15, -0.1) is 0 Å². The topological polar surface area (TPSA) is 94.5 Å². The van der Waals surface area contributed by atoms with Gasteiger partial charge < -0.3 is 14.3 Å². The van der Waals surface area contributed by atoms with Gasteiger partial charge >= 0.3 is 12.8 Å². The van der Waals surface area contributed by atoms with Gasteiger partial charge in [0, 0.05) is 12.3 Å². The molecule has 0 amide bonds. The van der Waals surface area contributed by atoms with Crippen molar-refractivity contribution in [2.45, 2.75) is 38.9 Å². The maximum absolute atomic E-state index is 11.5. The molecule has 2 rings (SSSR count). The van der Waals surface area contributed by atoms with Crippen LogP contribution in [0.15, 0.2) is 23.0 Å². The molecule has 7 nitrogen and oxygen atoms in total. The third kappa shape index (κ3) is 2.91. The molecular weight excluding hydrogens is 275 g/mol. The molecule has 21 heavy (non-hydrogen) atoms. The summed E-state index contributed by atoms with van der Waals surface area (Å²) in [5.74, 6) is 1.55. The quantitative estimate of drug-likeness (QED) is 0.522. The molecule has 1 saturated heterocycles. The van der Waals surface area contributed by atoms with Crippen LogP contribution in [0.3, 0.4) is 0 Å². The predicted molar refractivity (Wildman–Crippen MR) is 78.8 cm³/mol. The van der Waals surface area contributed by atoms with Gasteiger partial charge in [-0.1, -0.05) is 5.98 Å². The number of nitrogens with one attached hydrogen (secondary N) is 1. The molecule has 0 aliphatic carbocycles. The van der Waals surface area contributed by atoms with Gasteiger partial charge in [0.1, 0.15) is 5.69 Å². The van der Waals surface area contributed by atoms with Crippen LogP contribution < -0.4 is 5.43 Å². The van der Waals surface area contributed by atoms with E-state index in [1.165, 1.54) is 12.3 Å². The van der Waals surface area contributed by atoms with E-state index in [2.05, 4.69) is 4.98 Å². The Morgan fingerprint density at radius 1 is 1.29 bits per heavy atom. The SMILES string of the molecule is CC1(C)OB(/C=C/c2[nH]ccc(=O)c2[N+](=O)[O-])OC1(C)C. The highest BCUT2D eigenvalue weighted by Gasteiger charge is 2.50. The van der Waals surface area contributed by atoms with E-state index in [0.29, 0.717) is 0 Å². The van der Waals surface area contributed by atoms with Gasteiger partial charge in [-0.3, -0.25) is 14.9 Å². The maximum atomic E-state index is 11.5. The highest BCUT2D eigenvalue weighted by Crippen LogP contribution is 2.37. The zero-order valence-corrected chi connectivity index (χ0v) is 12.4. The van der Waals surface area contributed by atoms with Gasteiger partial charge in [0.15, 0.2) is 0 Å². The summed E-state index contributed by atoms with van der Waals surface area (Å²) in [6, 6.07) is 1.12. The summed E-state index contributed by atoms with van der Waals surface area (Å²) in [6.45, 7) is 7.64. The van der Waals surface area contributed by atoms with E-state index in [1.807, 2.05) is 27.7 Å². The van der Waals surface area contributed by atoms with Crippen molar-refractivity contribution in [1.82, 2.24) is 4.98 Å². The minimum atomic E-state index is -0.706. The second-order valence-electron chi connectivity index (χ2n) is 5.85. The molecule has 8 heteroatoms. The van der Waals surface area contributed by atoms with Gasteiger partial charge in [-0.25, -0.2) is 0 Å². The number of pyridine rings is 1. The molecule has 1 aliphatic heterocycles. The molecule has 0 unspecified atom stereocenters. The Balaban J connectivity index is 2.27. The zero-order chi connectivity index (χ0) is 15.8. The van der Waals surface area contributed by atoms with E-state index in [4.69, 9.17) is 9.31 Å². The van der Waals surface area contributed by atoms with Crippen LogP contribution in [-0.4, -0.2) is 28.2 Å². The molecule has 0 spiro atoms. The van der Waals surface area contributed by atoms with Crippen molar-refractivity contribution in [3.63, 3.8) is 0 Å². The Morgan fingerprint density at radius 2 is 1.86 bits per heavy atom. The molecule has 1 fully saturated rings. The van der Waals surface area contributed by atoms with Crippen molar-refractivity contribution in [2.24, 2.45) is 0 Å². The summed E-state index contributed by atoms with van der Waals surface area (Å²) in [4.78, 5) is 24.4. The van der Waals surface area contributed by atoms with Crippen LogP contribution in [0.2, 0.25) is 0 Å². The average Bonchev–Trinajstić information content (AvgIpc) is 2.54. The van der Waals surface area contributed by atoms with Crippen molar-refractivity contribution in [3.05, 3.63) is 44.3 Å². The van der Waals surface area contributed by atoms with Crippen LogP contribution in [0, 0.1) is 10.1 Å². The molecule has 0 atom stereocenters. The second-order valence-corrected chi connectivity index (χ2v) is 5.85. The van der Waals surface area contributed by atoms with Gasteiger partial charge in [-0.05, 0) is 33.8 Å². The number of rotatable bonds is 3. The summed E-state index contributed by atoms with van der Waals surface area (Å²) in [7, 11) is -0.627. The van der Waals surface area contributed by atoms with E-state index in [-0.39, 0.29) is 5.69 Å². The summed E-state index contributed by atoms with van der Waals surface area (Å²) in [6.07, 6.45) is 2.79. The van der Waals surface area contributed by atoms with E-state index in [0.717, 1.165) is 6.07 Å². The molecular formula is C13H17BN2O5. The number of nitro groups is 1. The molecule has 1 aromatic heterocycles. The average molecular weight is 292 g/mol. The lowest BCUT2D eigenvalue weighted by molar-refractivity contribution is -0.386. The van der Waals surface area contributed by atoms with Crippen molar-refractivity contribution in [1.29, 1.82) is 0 Å². The lowest BCUT2D eigenvalue weighted by Crippen LogP contribution is -2.41. The normalized spacial score (nSPS) is 20.1. The fourth-order valence-electron chi connectivity index (χ4n) is 1.94. The highest BCUT2D eigenvalue weighted by molar-refractivity contribution is 6.52. The highest BCUT2D eigenvalue weighted by atomic mass is 16.7. The van der Waals surface area contributed by atoms with E-state index in [9.17, 15) is 14.9 Å². The monoisotopic (exact) mass is 292 g/mol. The Labute approximate surface area is 122 Å². The predicted octanol–water partition coefficient (Wildman–Crippen LogP) is 1.93. The minimum Gasteiger partial charge on any atom is -0.400 e. The van der Waals surface area contributed by atoms with Crippen LogP contribution in [0.5, 0.6) is 0 Å². The van der Waals surface area contributed by atoms with Crippen LogP contribution in [0.25, 0.3) is 6.08 Å². The first kappa shape index (κ1) is 15.5. The largest absolute Gasteiger partial charge is 0.487 e. The zero-order valence-electron chi connectivity index (χ0n) is 12.4. The van der Waals surface area contributed by atoms with Crippen molar-refractivity contribution in [3.8, 4) is 0 Å². The third-order valence-electron chi connectivity index (χ3n) is 3.84. The molecule has 0 bridgehead atoms. The number of hydrogen-bond acceptors (Lipinski definition) is 5. The van der Waals surface area contributed by atoms with Gasteiger partial charge in [0.2, 0.25) is 0 Å². The van der Waals surface area contributed by atoms with Gasteiger partial charge in [0.25, 0.3) is 5.43 Å². The fourth-order valence-corrected chi connectivity index (χ4v) is 1.94. The lowest BCUT2D eigenvalue weighted by Gasteiger charge is -2.32. The first-order valence-corrected chi connectivity index (χ1v) is 6.54. The van der Waals surface area contributed by atoms with Crippen LogP contribution in [0.4, 0.5) is 5.69 Å². The Morgan fingerprint density at radius 3 is 2.38 bits per heavy atom. The van der Waals surface area contributed by atoms with Gasteiger partial charge in [-0.2, -0.15) is 0 Å². The molecule has 0 aromatic carbocycles. The van der Waals surface area contributed by atoms with E-state index >= 15 is 0 Å². The molecule has 2 heterocycles. The molecule has 1 aliphatic rings. The third-order valence-corrected chi connectivity index (χ3v) is 3.84. The molecule has 0 radical (unpaired) electrons. The summed E-state index contributed by atoms with van der Waals surface area (Å²) >= 11 is 0. The fraction of sp³-hybridized carbons (Fsp3) is 0.462. The maximum Gasteiger partial charge on any atom is 0.487 e. The molecule has 112 valence electrons. The summed E-state index contributed by atoms with van der Waals surface area (Å²) in [5.41, 5.74) is -2.00. The Kier molecular flexibility index (Phi) is 3.77. The number of aromatic nitrogens is 1. The number of nitrogens with zero attached hydrogens (tertiary/aromatic N) is 1. The molecule has 1 aromatic rings. The van der Waals surface area contributed by atoms with E-state index in [1.54, 1.807) is 5.98 Å². The number of aromatic amines is 1. The summed E-state index contributed by atoms with van der Waals surface area (Å²) < 4.78 is 11.5. The van der Waals surface area contributed by atoms with E-state index < -0.39 is 34.4 Å². The van der Waals surface area contributed by atoms with Crippen LogP contribution in [0.1, 0.15) is 33.4 Å². The van der Waals surface area contributed by atoms with Crippen molar-refractivity contribution >= 4 is 18.9 Å². The lowest BCUT2D eigenvalue weighted by atomic mass is 9.89. The minimum absolute atomic E-state index is 0.113. The first-order chi connectivity index (χ1) is 9.64. The molecule has 0 saturated carbocycles. The second kappa shape index (κ2) is 5.12. The van der Waals surface area contributed by atoms with Crippen LogP contribution in [-0.2, 0) is 9.31 Å². The van der Waals surface area contributed by atoms with Crippen molar-refractivity contribution in [2.75, 3.05) is 0 Å². The summed E-state index contributed by atoms with van der Waals surface area (Å²) in [5, 5.41) is 10.9. The first-order valence-electron chi connectivity index (χ1n) is 6.54. The number of hydrogen-bond donors (Lipinski definition) is 1. The Hall–Kier alpha value is -1.93. The molecule has 1 N–H and O–H groups in total. The smallest absolute Gasteiger partial charge is 0.400 e. The number of H-pyrrole nitrogens is 1. The van der Waals surface area contributed by atoms with Crippen LogP contribution >= 0.6 is 0 Å². The standard InChI is InChI=1S/C13H17BN2O5/c1-12(2)13(3,4)21-14(20-12)7-5-9-11(16(18)19)10(17)6-8-15-9/h5-8H,1-4H3,(H,15,17)/b7-5+. The Bertz CT molecular complexity index is 634. The van der Waals surface area contributed by atoms with Crippen molar-refractivity contribution < 1.29 is 14.2 Å². The van der Waals surface area contributed by atoms with Gasteiger partial charge in [0.05, 0.1) is 16.1 Å².